The van der Waals surface area contributed by atoms with E-state index in [4.69, 9.17) is 25.8 Å². The van der Waals surface area contributed by atoms with Crippen LogP contribution in [-0.4, -0.2) is 26.1 Å². The number of halogens is 1. The van der Waals surface area contributed by atoms with E-state index in [0.29, 0.717) is 35.8 Å². The van der Waals surface area contributed by atoms with Gasteiger partial charge in [0.25, 0.3) is 0 Å². The van der Waals surface area contributed by atoms with Crippen LogP contribution in [0, 0.1) is 0 Å². The third-order valence-electron chi connectivity index (χ3n) is 2.73. The van der Waals surface area contributed by atoms with E-state index in [1.807, 2.05) is 0 Å². The van der Waals surface area contributed by atoms with Crippen molar-refractivity contribution in [2.24, 2.45) is 0 Å². The topological polar surface area (TPSA) is 44.8 Å². The Morgan fingerprint density at radius 3 is 2.56 bits per heavy atom. The Morgan fingerprint density at radius 1 is 1.28 bits per heavy atom. The second kappa shape index (κ2) is 5.31. The third-order valence-corrected chi connectivity index (χ3v) is 2.97. The van der Waals surface area contributed by atoms with Crippen LogP contribution in [-0.2, 0) is 4.79 Å². The fraction of sp³-hybridized carbons (Fsp3) is 0.308. The second-order valence-electron chi connectivity index (χ2n) is 3.79. The summed E-state index contributed by atoms with van der Waals surface area (Å²) in [5.74, 6) is 1.82. The first kappa shape index (κ1) is 12.8. The molecule has 1 aromatic rings. The van der Waals surface area contributed by atoms with E-state index in [0.717, 1.165) is 5.56 Å². The molecule has 1 aliphatic heterocycles. The number of rotatable bonds is 3. The average molecular weight is 269 g/mol. The number of fused-ring (bicyclic) bond motifs is 1. The first-order chi connectivity index (χ1) is 8.65. The Hall–Kier alpha value is -1.68. The van der Waals surface area contributed by atoms with Crippen molar-refractivity contribution < 1.29 is 19.0 Å². The highest BCUT2D eigenvalue weighted by atomic mass is 35.5. The first-order valence-electron chi connectivity index (χ1n) is 5.45. The first-order valence-corrected chi connectivity index (χ1v) is 5.82. The van der Waals surface area contributed by atoms with E-state index in [9.17, 15) is 4.79 Å². The van der Waals surface area contributed by atoms with Gasteiger partial charge in [-0.1, -0.05) is 0 Å². The van der Waals surface area contributed by atoms with Gasteiger partial charge in [0.1, 0.15) is 5.75 Å². The molecule has 0 N–H and O–H groups in total. The summed E-state index contributed by atoms with van der Waals surface area (Å²) in [5.41, 5.74) is 1.29. The Balaban J connectivity index is 2.52. The molecule has 0 fully saturated rings. The molecule has 18 heavy (non-hydrogen) atoms. The molecule has 0 spiro atoms. The van der Waals surface area contributed by atoms with Crippen molar-refractivity contribution in [3.05, 3.63) is 23.3 Å². The van der Waals surface area contributed by atoms with Crippen molar-refractivity contribution in [2.75, 3.05) is 20.8 Å². The van der Waals surface area contributed by atoms with E-state index >= 15 is 0 Å². The fourth-order valence-corrected chi connectivity index (χ4v) is 1.95. The van der Waals surface area contributed by atoms with Crippen LogP contribution in [0.3, 0.4) is 0 Å². The SMILES string of the molecule is COc1cc2c(cc1OC)OCCC(C(=O)Cl)=C2. The smallest absolute Gasteiger partial charge is 0.248 e. The van der Waals surface area contributed by atoms with Crippen LogP contribution in [0.2, 0.25) is 0 Å². The monoisotopic (exact) mass is 268 g/mol. The van der Waals surface area contributed by atoms with Crippen LogP contribution in [0.1, 0.15) is 12.0 Å². The lowest BCUT2D eigenvalue weighted by Crippen LogP contribution is -2.00. The van der Waals surface area contributed by atoms with Gasteiger partial charge >= 0.3 is 0 Å². The normalized spacial score (nSPS) is 13.8. The Labute approximate surface area is 110 Å². The highest BCUT2D eigenvalue weighted by molar-refractivity contribution is 6.68. The van der Waals surface area contributed by atoms with Crippen molar-refractivity contribution in [1.29, 1.82) is 0 Å². The molecular formula is C13H13ClO4. The minimum atomic E-state index is -0.457. The Kier molecular flexibility index (Phi) is 3.77. The van der Waals surface area contributed by atoms with Crippen molar-refractivity contribution in [2.45, 2.75) is 6.42 Å². The van der Waals surface area contributed by atoms with Gasteiger partial charge in [-0.15, -0.1) is 0 Å². The van der Waals surface area contributed by atoms with Crippen molar-refractivity contribution >= 4 is 22.9 Å². The maximum absolute atomic E-state index is 11.2. The van der Waals surface area contributed by atoms with Crippen LogP contribution in [0.4, 0.5) is 0 Å². The summed E-state index contributed by atoms with van der Waals surface area (Å²) in [6, 6.07) is 3.51. The number of hydrogen-bond acceptors (Lipinski definition) is 4. The van der Waals surface area contributed by atoms with Gasteiger partial charge in [0.2, 0.25) is 5.24 Å². The standard InChI is InChI=1S/C13H13ClO4/c1-16-11-6-9-5-8(13(14)15)3-4-18-10(9)7-12(11)17-2/h5-7H,3-4H2,1-2H3. The molecule has 4 nitrogen and oxygen atoms in total. The highest BCUT2D eigenvalue weighted by Crippen LogP contribution is 2.37. The van der Waals surface area contributed by atoms with Crippen LogP contribution in [0.15, 0.2) is 17.7 Å². The van der Waals surface area contributed by atoms with E-state index in [-0.39, 0.29) is 0 Å². The van der Waals surface area contributed by atoms with Gasteiger partial charge in [-0.05, 0) is 23.7 Å². The Morgan fingerprint density at radius 2 is 1.94 bits per heavy atom. The zero-order valence-electron chi connectivity index (χ0n) is 10.2. The van der Waals surface area contributed by atoms with Gasteiger partial charge in [0, 0.05) is 23.6 Å². The summed E-state index contributed by atoms with van der Waals surface area (Å²) < 4.78 is 16.0. The van der Waals surface area contributed by atoms with Gasteiger partial charge < -0.3 is 14.2 Å². The van der Waals surface area contributed by atoms with Crippen LogP contribution in [0.25, 0.3) is 6.08 Å². The molecule has 0 atom stereocenters. The molecule has 5 heteroatoms. The number of carbonyl (C=O) groups excluding carboxylic acids is 1. The lowest BCUT2D eigenvalue weighted by atomic mass is 10.1. The number of methoxy groups -OCH3 is 2. The quantitative estimate of drug-likeness (QED) is 0.791. The zero-order valence-corrected chi connectivity index (χ0v) is 10.9. The minimum Gasteiger partial charge on any atom is -0.493 e. The molecule has 96 valence electrons. The molecule has 0 amide bonds. The predicted octanol–water partition coefficient (Wildman–Crippen LogP) is 2.64. The van der Waals surface area contributed by atoms with Gasteiger partial charge in [-0.3, -0.25) is 4.79 Å². The molecule has 0 aromatic heterocycles. The molecule has 1 aromatic carbocycles. The van der Waals surface area contributed by atoms with Crippen LogP contribution < -0.4 is 14.2 Å². The average Bonchev–Trinajstić information content (AvgIpc) is 2.58. The van der Waals surface area contributed by atoms with Crippen molar-refractivity contribution in [1.82, 2.24) is 0 Å². The molecule has 2 rings (SSSR count). The van der Waals surface area contributed by atoms with E-state index < -0.39 is 5.24 Å². The molecule has 0 bridgehead atoms. The van der Waals surface area contributed by atoms with Crippen molar-refractivity contribution in [3.63, 3.8) is 0 Å². The second-order valence-corrected chi connectivity index (χ2v) is 4.13. The highest BCUT2D eigenvalue weighted by Gasteiger charge is 2.17. The number of ether oxygens (including phenoxy) is 3. The molecule has 0 unspecified atom stereocenters. The van der Waals surface area contributed by atoms with E-state index in [1.54, 1.807) is 32.4 Å². The molecule has 0 saturated heterocycles. The van der Waals surface area contributed by atoms with Crippen LogP contribution >= 0.6 is 11.6 Å². The maximum atomic E-state index is 11.2. The summed E-state index contributed by atoms with van der Waals surface area (Å²) in [4.78, 5) is 11.2. The van der Waals surface area contributed by atoms with Gasteiger partial charge in [-0.25, -0.2) is 0 Å². The molecule has 0 aliphatic carbocycles. The summed E-state index contributed by atoms with van der Waals surface area (Å²) in [6.07, 6.45) is 2.21. The predicted molar refractivity (Wildman–Crippen MR) is 68.5 cm³/mol. The molecule has 1 heterocycles. The summed E-state index contributed by atoms with van der Waals surface area (Å²) in [6.45, 7) is 0.410. The zero-order chi connectivity index (χ0) is 13.1. The maximum Gasteiger partial charge on any atom is 0.248 e. The summed E-state index contributed by atoms with van der Waals surface area (Å²) in [7, 11) is 3.11. The lowest BCUT2D eigenvalue weighted by Gasteiger charge is -2.12. The molecule has 0 saturated carbocycles. The van der Waals surface area contributed by atoms with Gasteiger partial charge in [-0.2, -0.15) is 0 Å². The molecular weight excluding hydrogens is 256 g/mol. The Bertz CT molecular complexity index is 508. The van der Waals surface area contributed by atoms with E-state index in [1.165, 1.54) is 0 Å². The third kappa shape index (κ3) is 2.43. The summed E-state index contributed by atoms with van der Waals surface area (Å²) in [5, 5.41) is -0.457. The van der Waals surface area contributed by atoms with Gasteiger partial charge in [0.15, 0.2) is 11.5 Å². The minimum absolute atomic E-state index is 0.410. The largest absolute Gasteiger partial charge is 0.493 e. The number of carbonyl (C=O) groups is 1. The van der Waals surface area contributed by atoms with Crippen molar-refractivity contribution in [3.8, 4) is 17.2 Å². The molecule has 1 aliphatic rings. The summed E-state index contributed by atoms with van der Waals surface area (Å²) >= 11 is 5.51. The fourth-order valence-electron chi connectivity index (χ4n) is 1.80. The molecule has 0 radical (unpaired) electrons. The lowest BCUT2D eigenvalue weighted by molar-refractivity contribution is -0.108. The van der Waals surface area contributed by atoms with Crippen LogP contribution in [0.5, 0.6) is 17.2 Å². The number of hydrogen-bond donors (Lipinski definition) is 0. The van der Waals surface area contributed by atoms with E-state index in [2.05, 4.69) is 0 Å². The van der Waals surface area contributed by atoms with Gasteiger partial charge in [0.05, 0.1) is 20.8 Å². The number of benzene rings is 1.